The second-order valence-corrected chi connectivity index (χ2v) is 4.63. The lowest BCUT2D eigenvalue weighted by molar-refractivity contribution is -0.141. The monoisotopic (exact) mass is 296 g/mol. The lowest BCUT2D eigenvalue weighted by Gasteiger charge is -2.36. The molecule has 0 aromatic carbocycles. The molecular formula is C11H16ClF3N4. The fraction of sp³-hybridized carbons (Fsp3) is 0.636. The van der Waals surface area contributed by atoms with Crippen molar-refractivity contribution in [1.82, 2.24) is 15.3 Å². The zero-order chi connectivity index (χ0) is 13.3. The van der Waals surface area contributed by atoms with E-state index in [1.54, 1.807) is 0 Å². The van der Waals surface area contributed by atoms with E-state index in [1.165, 1.54) is 6.20 Å². The minimum atomic E-state index is -4.43. The average molecular weight is 297 g/mol. The average Bonchev–Trinajstić information content (AvgIpc) is 2.27. The van der Waals surface area contributed by atoms with E-state index in [9.17, 15) is 13.2 Å². The van der Waals surface area contributed by atoms with Crippen LogP contribution in [-0.2, 0) is 6.18 Å². The molecule has 1 aromatic rings. The maximum atomic E-state index is 12.4. The van der Waals surface area contributed by atoms with Crippen molar-refractivity contribution in [2.45, 2.75) is 32.1 Å². The van der Waals surface area contributed by atoms with Crippen molar-refractivity contribution in [2.24, 2.45) is 0 Å². The van der Waals surface area contributed by atoms with Crippen LogP contribution in [0.2, 0.25) is 0 Å². The summed E-state index contributed by atoms with van der Waals surface area (Å²) in [6.45, 7) is 5.48. The van der Waals surface area contributed by atoms with Gasteiger partial charge in [0.2, 0.25) is 0 Å². The lowest BCUT2D eigenvalue weighted by atomic mass is 10.1. The number of hydrogen-bond donors (Lipinski definition) is 1. The molecule has 108 valence electrons. The molecule has 0 amide bonds. The first-order valence-corrected chi connectivity index (χ1v) is 5.76. The zero-order valence-corrected chi connectivity index (χ0v) is 11.4. The van der Waals surface area contributed by atoms with Gasteiger partial charge >= 0.3 is 6.18 Å². The Balaban J connectivity index is 0.00000180. The SMILES string of the molecule is CC1CN(c2cnc(C(F)(F)F)cn2)CC(C)N1.Cl. The van der Waals surface area contributed by atoms with Gasteiger partial charge in [0.05, 0.1) is 12.4 Å². The molecule has 0 aliphatic carbocycles. The molecule has 1 N–H and O–H groups in total. The molecule has 0 saturated carbocycles. The van der Waals surface area contributed by atoms with Crippen LogP contribution in [0.4, 0.5) is 19.0 Å². The maximum Gasteiger partial charge on any atom is 0.434 e. The number of alkyl halides is 3. The van der Waals surface area contributed by atoms with Crippen LogP contribution in [0.1, 0.15) is 19.5 Å². The molecule has 2 unspecified atom stereocenters. The van der Waals surface area contributed by atoms with Gasteiger partial charge in [-0.15, -0.1) is 12.4 Å². The van der Waals surface area contributed by atoms with E-state index >= 15 is 0 Å². The van der Waals surface area contributed by atoms with Gasteiger partial charge in [0, 0.05) is 25.2 Å². The second kappa shape index (κ2) is 5.92. The first-order valence-electron chi connectivity index (χ1n) is 5.76. The van der Waals surface area contributed by atoms with Crippen molar-refractivity contribution in [3.63, 3.8) is 0 Å². The van der Waals surface area contributed by atoms with Crippen LogP contribution in [0.25, 0.3) is 0 Å². The normalized spacial score (nSPS) is 23.9. The standard InChI is InChI=1S/C11H15F3N4.ClH/c1-7-5-18(6-8(2)17-7)10-4-15-9(3-16-10)11(12,13)14;/h3-4,7-8,17H,5-6H2,1-2H3;1H. The van der Waals surface area contributed by atoms with Gasteiger partial charge in [-0.2, -0.15) is 13.2 Å². The molecule has 0 radical (unpaired) electrons. The third-order valence-corrected chi connectivity index (χ3v) is 2.81. The number of anilines is 1. The Kier molecular flexibility index (Phi) is 4.98. The summed E-state index contributed by atoms with van der Waals surface area (Å²) < 4.78 is 37.1. The summed E-state index contributed by atoms with van der Waals surface area (Å²) in [5.74, 6) is 0.489. The fourth-order valence-corrected chi connectivity index (χ4v) is 2.14. The summed E-state index contributed by atoms with van der Waals surface area (Å²) in [5.41, 5.74) is -0.956. The number of halogens is 4. The van der Waals surface area contributed by atoms with Gasteiger partial charge in [-0.3, -0.25) is 0 Å². The highest BCUT2D eigenvalue weighted by atomic mass is 35.5. The van der Waals surface area contributed by atoms with Crippen molar-refractivity contribution >= 4 is 18.2 Å². The van der Waals surface area contributed by atoms with Gasteiger partial charge in [0.25, 0.3) is 0 Å². The zero-order valence-electron chi connectivity index (χ0n) is 10.6. The van der Waals surface area contributed by atoms with Gasteiger partial charge in [-0.1, -0.05) is 0 Å². The van der Waals surface area contributed by atoms with Crippen molar-refractivity contribution in [2.75, 3.05) is 18.0 Å². The van der Waals surface area contributed by atoms with Crippen LogP contribution < -0.4 is 10.2 Å². The Hall–Kier alpha value is -1.08. The summed E-state index contributed by atoms with van der Waals surface area (Å²) in [6.07, 6.45) is -2.46. The quantitative estimate of drug-likeness (QED) is 0.862. The number of aromatic nitrogens is 2. The molecule has 2 rings (SSSR count). The number of piperazine rings is 1. The Morgan fingerprint density at radius 1 is 1.16 bits per heavy atom. The minimum absolute atomic E-state index is 0. The van der Waals surface area contributed by atoms with Crippen molar-refractivity contribution < 1.29 is 13.2 Å². The summed E-state index contributed by atoms with van der Waals surface area (Å²) >= 11 is 0. The predicted molar refractivity (Wildman–Crippen MR) is 68.6 cm³/mol. The van der Waals surface area contributed by atoms with Crippen molar-refractivity contribution in [3.8, 4) is 0 Å². The first-order chi connectivity index (χ1) is 8.36. The molecule has 0 spiro atoms. The van der Waals surface area contributed by atoms with Crippen LogP contribution in [0.5, 0.6) is 0 Å². The number of nitrogens with one attached hydrogen (secondary N) is 1. The lowest BCUT2D eigenvalue weighted by Crippen LogP contribution is -2.54. The Morgan fingerprint density at radius 3 is 2.16 bits per heavy atom. The van der Waals surface area contributed by atoms with Crippen molar-refractivity contribution in [1.29, 1.82) is 0 Å². The second-order valence-electron chi connectivity index (χ2n) is 4.63. The molecule has 2 atom stereocenters. The van der Waals surface area contributed by atoms with E-state index in [0.717, 1.165) is 6.20 Å². The predicted octanol–water partition coefficient (Wildman–Crippen LogP) is 2.10. The molecule has 8 heteroatoms. The van der Waals surface area contributed by atoms with E-state index in [2.05, 4.69) is 15.3 Å². The molecule has 1 saturated heterocycles. The molecule has 1 aliphatic heterocycles. The Labute approximate surface area is 115 Å². The Bertz CT molecular complexity index is 399. The van der Waals surface area contributed by atoms with Crippen LogP contribution in [0, 0.1) is 0 Å². The van der Waals surface area contributed by atoms with Gasteiger partial charge < -0.3 is 10.2 Å². The molecule has 19 heavy (non-hydrogen) atoms. The molecule has 1 aliphatic rings. The Morgan fingerprint density at radius 2 is 1.74 bits per heavy atom. The topological polar surface area (TPSA) is 41.1 Å². The molecule has 1 aromatic heterocycles. The van der Waals surface area contributed by atoms with E-state index in [1.807, 2.05) is 18.7 Å². The number of rotatable bonds is 1. The van der Waals surface area contributed by atoms with Crippen LogP contribution in [-0.4, -0.2) is 35.1 Å². The van der Waals surface area contributed by atoms with E-state index < -0.39 is 11.9 Å². The third kappa shape index (κ3) is 3.94. The van der Waals surface area contributed by atoms with E-state index in [0.29, 0.717) is 18.9 Å². The molecular weight excluding hydrogens is 281 g/mol. The molecule has 4 nitrogen and oxygen atoms in total. The fourth-order valence-electron chi connectivity index (χ4n) is 2.14. The largest absolute Gasteiger partial charge is 0.434 e. The number of hydrogen-bond acceptors (Lipinski definition) is 4. The molecule has 0 bridgehead atoms. The summed E-state index contributed by atoms with van der Waals surface area (Å²) in [7, 11) is 0. The minimum Gasteiger partial charge on any atom is -0.352 e. The summed E-state index contributed by atoms with van der Waals surface area (Å²) in [5, 5.41) is 3.34. The van der Waals surface area contributed by atoms with Crippen molar-refractivity contribution in [3.05, 3.63) is 18.1 Å². The highest BCUT2D eigenvalue weighted by molar-refractivity contribution is 5.85. The van der Waals surface area contributed by atoms with Crippen LogP contribution in [0.15, 0.2) is 12.4 Å². The highest BCUT2D eigenvalue weighted by Crippen LogP contribution is 2.27. The smallest absolute Gasteiger partial charge is 0.352 e. The molecule has 1 fully saturated rings. The van der Waals surface area contributed by atoms with Gasteiger partial charge in [0.1, 0.15) is 5.82 Å². The van der Waals surface area contributed by atoms with E-state index in [4.69, 9.17) is 0 Å². The third-order valence-electron chi connectivity index (χ3n) is 2.81. The first kappa shape index (κ1) is 16.0. The van der Waals surface area contributed by atoms with Gasteiger partial charge in [-0.25, -0.2) is 9.97 Å². The summed E-state index contributed by atoms with van der Waals surface area (Å²) in [6, 6.07) is 0.552. The molecule has 2 heterocycles. The number of nitrogens with zero attached hydrogens (tertiary/aromatic N) is 3. The van der Waals surface area contributed by atoms with Crippen LogP contribution >= 0.6 is 12.4 Å². The highest BCUT2D eigenvalue weighted by Gasteiger charge is 2.33. The van der Waals surface area contributed by atoms with Crippen LogP contribution in [0.3, 0.4) is 0 Å². The maximum absolute atomic E-state index is 12.4. The van der Waals surface area contributed by atoms with Gasteiger partial charge in [0.15, 0.2) is 5.69 Å². The van der Waals surface area contributed by atoms with E-state index in [-0.39, 0.29) is 24.5 Å². The van der Waals surface area contributed by atoms with Gasteiger partial charge in [-0.05, 0) is 13.8 Å². The summed E-state index contributed by atoms with van der Waals surface area (Å²) in [4.78, 5) is 9.22.